The molecule has 0 aromatic rings. The van der Waals surface area contributed by atoms with E-state index in [9.17, 15) is 14.4 Å². The Labute approximate surface area is 404 Å². The van der Waals surface area contributed by atoms with Gasteiger partial charge in [-0.1, -0.05) is 243 Å². The molecule has 1 atom stereocenters. The Bertz CT molecular complexity index is 1090. The summed E-state index contributed by atoms with van der Waals surface area (Å²) in [5.74, 6) is -0.870. The number of esters is 3. The van der Waals surface area contributed by atoms with Crippen LogP contribution in [0.4, 0.5) is 0 Å². The highest BCUT2D eigenvalue weighted by Gasteiger charge is 2.19. The van der Waals surface area contributed by atoms with Crippen molar-refractivity contribution in [2.45, 2.75) is 309 Å². The molecule has 0 fully saturated rings. The molecule has 0 spiro atoms. The normalized spacial score (nSPS) is 12.2. The minimum Gasteiger partial charge on any atom is -0.462 e. The number of carbonyl (C=O) groups excluding carboxylic acids is 3. The number of hydrogen-bond acceptors (Lipinski definition) is 6. The maximum absolute atomic E-state index is 12.8. The van der Waals surface area contributed by atoms with Gasteiger partial charge in [-0.3, -0.25) is 14.4 Å². The first-order chi connectivity index (χ1) is 32.0. The van der Waals surface area contributed by atoms with Crippen LogP contribution in [0.1, 0.15) is 303 Å². The summed E-state index contributed by atoms with van der Waals surface area (Å²) in [5, 5.41) is 0. The van der Waals surface area contributed by atoms with Crippen molar-refractivity contribution in [1.29, 1.82) is 0 Å². The van der Waals surface area contributed by atoms with Gasteiger partial charge in [-0.15, -0.1) is 0 Å². The molecule has 0 heterocycles. The Morgan fingerprint density at radius 3 is 0.908 bits per heavy atom. The van der Waals surface area contributed by atoms with Crippen LogP contribution >= 0.6 is 0 Å². The molecule has 0 aromatic carbocycles. The van der Waals surface area contributed by atoms with Crippen molar-refractivity contribution >= 4 is 17.9 Å². The molecular weight excluding hydrogens is 805 g/mol. The van der Waals surface area contributed by atoms with E-state index in [4.69, 9.17) is 14.2 Å². The van der Waals surface area contributed by atoms with E-state index in [1.165, 1.54) is 193 Å². The lowest BCUT2D eigenvalue weighted by molar-refractivity contribution is -0.167. The van der Waals surface area contributed by atoms with Crippen LogP contribution in [0.2, 0.25) is 0 Å². The van der Waals surface area contributed by atoms with Crippen molar-refractivity contribution in [2.24, 2.45) is 0 Å². The van der Waals surface area contributed by atoms with Crippen molar-refractivity contribution in [1.82, 2.24) is 0 Å². The molecule has 380 valence electrons. The molecule has 0 amide bonds. The molecule has 0 saturated heterocycles. The molecule has 0 rings (SSSR count). The fraction of sp³-hybridized carbons (Fsp3) is 0.847. The van der Waals surface area contributed by atoms with E-state index >= 15 is 0 Å². The third kappa shape index (κ3) is 52.5. The summed E-state index contributed by atoms with van der Waals surface area (Å²) in [5.41, 5.74) is 0. The molecule has 0 N–H and O–H groups in total. The molecule has 0 radical (unpaired) electrons. The van der Waals surface area contributed by atoms with E-state index < -0.39 is 6.10 Å². The van der Waals surface area contributed by atoms with Crippen LogP contribution < -0.4 is 0 Å². The van der Waals surface area contributed by atoms with Gasteiger partial charge in [0.15, 0.2) is 6.10 Å². The molecule has 0 saturated carbocycles. The van der Waals surface area contributed by atoms with Gasteiger partial charge in [-0.05, 0) is 77.0 Å². The van der Waals surface area contributed by atoms with E-state index in [1.807, 2.05) is 0 Å². The standard InChI is InChI=1S/C59H108O6/c1-4-7-10-13-16-19-22-25-27-28-29-30-32-34-37-40-43-46-49-52-58(61)64-55-56(54-63-57(60)51-48-45-42-39-36-33-24-21-18-15-12-9-6-3)65-59(62)53-50-47-44-41-38-35-31-26-23-20-17-14-11-8-5-2/h16,19,21,24-25,27,56H,4-15,17-18,20,22-23,26,28-55H2,1-3H3/b19-16+,24-21+,27-25+/t56-/m1/s1. The average Bonchev–Trinajstić information content (AvgIpc) is 3.30. The highest BCUT2D eigenvalue weighted by Crippen LogP contribution is 2.16. The highest BCUT2D eigenvalue weighted by atomic mass is 16.6. The number of hydrogen-bond donors (Lipinski definition) is 0. The topological polar surface area (TPSA) is 78.9 Å². The van der Waals surface area contributed by atoms with Crippen LogP contribution in [-0.2, 0) is 28.6 Å². The highest BCUT2D eigenvalue weighted by molar-refractivity contribution is 5.71. The summed E-state index contributed by atoms with van der Waals surface area (Å²) in [7, 11) is 0. The number of rotatable bonds is 52. The van der Waals surface area contributed by atoms with Crippen LogP contribution in [0.3, 0.4) is 0 Å². The third-order valence-electron chi connectivity index (χ3n) is 12.6. The molecule has 0 unspecified atom stereocenters. The number of ether oxygens (including phenoxy) is 3. The summed E-state index contributed by atoms with van der Waals surface area (Å²) in [6.07, 6.45) is 64.1. The Hall–Kier alpha value is -2.37. The van der Waals surface area contributed by atoms with Crippen molar-refractivity contribution in [3.8, 4) is 0 Å². The van der Waals surface area contributed by atoms with Gasteiger partial charge in [0.25, 0.3) is 0 Å². The summed E-state index contributed by atoms with van der Waals surface area (Å²) in [4.78, 5) is 38.1. The number of allylic oxidation sites excluding steroid dienone is 6. The number of carbonyl (C=O) groups is 3. The quantitative estimate of drug-likeness (QED) is 0.0262. The lowest BCUT2D eigenvalue weighted by atomic mass is 10.0. The first kappa shape index (κ1) is 62.6. The summed E-state index contributed by atoms with van der Waals surface area (Å²) >= 11 is 0. The largest absolute Gasteiger partial charge is 0.462 e. The zero-order valence-corrected chi connectivity index (χ0v) is 43.5. The van der Waals surface area contributed by atoms with Gasteiger partial charge in [-0.25, -0.2) is 0 Å². The van der Waals surface area contributed by atoms with E-state index in [1.54, 1.807) is 0 Å². The van der Waals surface area contributed by atoms with Crippen LogP contribution in [0.5, 0.6) is 0 Å². The minimum absolute atomic E-state index is 0.0736. The molecule has 6 nitrogen and oxygen atoms in total. The molecule has 6 heteroatoms. The molecule has 0 aliphatic rings. The van der Waals surface area contributed by atoms with E-state index in [2.05, 4.69) is 57.2 Å². The van der Waals surface area contributed by atoms with Gasteiger partial charge >= 0.3 is 17.9 Å². The van der Waals surface area contributed by atoms with E-state index in [-0.39, 0.29) is 31.1 Å². The van der Waals surface area contributed by atoms with E-state index in [0.29, 0.717) is 19.3 Å². The first-order valence-corrected chi connectivity index (χ1v) is 28.5. The molecule has 65 heavy (non-hydrogen) atoms. The average molecular weight is 914 g/mol. The zero-order chi connectivity index (χ0) is 47.2. The van der Waals surface area contributed by atoms with Crippen molar-refractivity contribution < 1.29 is 28.6 Å². The Kier molecular flexibility index (Phi) is 52.3. The second-order valence-electron chi connectivity index (χ2n) is 19.2. The lowest BCUT2D eigenvalue weighted by Crippen LogP contribution is -2.30. The van der Waals surface area contributed by atoms with Gasteiger partial charge < -0.3 is 14.2 Å². The Morgan fingerprint density at radius 2 is 0.554 bits per heavy atom. The van der Waals surface area contributed by atoms with Gasteiger partial charge in [0, 0.05) is 19.3 Å². The van der Waals surface area contributed by atoms with Gasteiger partial charge in [0.2, 0.25) is 0 Å². The SMILES string of the molecule is CCCCC/C=C/C/C=C/CCCCCCCCCCCC(=O)OC[C@@H](COC(=O)CCCCCCC/C=C/CCCCCC)OC(=O)CCCCCCCCCCCCCCCCC. The van der Waals surface area contributed by atoms with Crippen LogP contribution in [0, 0.1) is 0 Å². The molecule has 0 aliphatic carbocycles. The van der Waals surface area contributed by atoms with Crippen LogP contribution in [0.25, 0.3) is 0 Å². The predicted molar refractivity (Wildman–Crippen MR) is 279 cm³/mol. The van der Waals surface area contributed by atoms with Gasteiger partial charge in [-0.2, -0.15) is 0 Å². The number of unbranched alkanes of at least 4 members (excludes halogenated alkanes) is 35. The van der Waals surface area contributed by atoms with Gasteiger partial charge in [0.1, 0.15) is 13.2 Å². The second-order valence-corrected chi connectivity index (χ2v) is 19.2. The monoisotopic (exact) mass is 913 g/mol. The Morgan fingerprint density at radius 1 is 0.308 bits per heavy atom. The van der Waals surface area contributed by atoms with Crippen molar-refractivity contribution in [3.05, 3.63) is 36.5 Å². The summed E-state index contributed by atoms with van der Waals surface area (Å²) < 4.78 is 16.9. The lowest BCUT2D eigenvalue weighted by Gasteiger charge is -2.18. The Balaban J connectivity index is 4.33. The third-order valence-corrected chi connectivity index (χ3v) is 12.6. The molecule has 0 aliphatic heterocycles. The fourth-order valence-electron chi connectivity index (χ4n) is 8.29. The van der Waals surface area contributed by atoms with E-state index in [0.717, 1.165) is 70.6 Å². The van der Waals surface area contributed by atoms with Crippen LogP contribution in [0.15, 0.2) is 36.5 Å². The predicted octanol–water partition coefficient (Wildman–Crippen LogP) is 18.9. The maximum Gasteiger partial charge on any atom is 0.306 e. The second kappa shape index (κ2) is 54.2. The molecule has 0 aromatic heterocycles. The van der Waals surface area contributed by atoms with Crippen LogP contribution in [-0.4, -0.2) is 37.2 Å². The minimum atomic E-state index is -0.773. The molecular formula is C59H108O6. The summed E-state index contributed by atoms with van der Waals surface area (Å²) in [6.45, 7) is 6.63. The zero-order valence-electron chi connectivity index (χ0n) is 43.5. The van der Waals surface area contributed by atoms with Crippen molar-refractivity contribution in [3.63, 3.8) is 0 Å². The fourth-order valence-corrected chi connectivity index (χ4v) is 8.29. The van der Waals surface area contributed by atoms with Gasteiger partial charge in [0.05, 0.1) is 0 Å². The smallest absolute Gasteiger partial charge is 0.306 e. The molecule has 0 bridgehead atoms. The maximum atomic E-state index is 12.8. The van der Waals surface area contributed by atoms with Crippen molar-refractivity contribution in [2.75, 3.05) is 13.2 Å². The first-order valence-electron chi connectivity index (χ1n) is 28.5. The summed E-state index contributed by atoms with van der Waals surface area (Å²) in [6, 6.07) is 0.